The van der Waals surface area contributed by atoms with Crippen molar-refractivity contribution in [1.82, 2.24) is 4.90 Å². The third-order valence-electron chi connectivity index (χ3n) is 5.12. The first kappa shape index (κ1) is 19.4. The van der Waals surface area contributed by atoms with E-state index in [4.69, 9.17) is 0 Å². The van der Waals surface area contributed by atoms with Crippen LogP contribution in [0.5, 0.6) is 0 Å². The fourth-order valence-electron chi connectivity index (χ4n) is 3.40. The average molecular weight is 348 g/mol. The minimum absolute atomic E-state index is 0.309. The van der Waals surface area contributed by atoms with Gasteiger partial charge < -0.3 is 4.90 Å². The number of aryl methyl sites for hydroxylation is 1. The average Bonchev–Trinajstić information content (AvgIpc) is 2.69. The first-order valence-corrected chi connectivity index (χ1v) is 10.2. The number of carbonyl (C=O) groups excluding carboxylic acids is 1. The summed E-state index contributed by atoms with van der Waals surface area (Å²) in [7, 11) is 0. The molecule has 1 aliphatic rings. The fraction of sp³-hybridized carbons (Fsp3) is 0.667. The van der Waals surface area contributed by atoms with E-state index in [0.717, 1.165) is 38.1 Å². The van der Waals surface area contributed by atoms with Crippen molar-refractivity contribution in [3.8, 4) is 0 Å². The molecule has 134 valence electrons. The van der Waals surface area contributed by atoms with Gasteiger partial charge in [-0.25, -0.2) is 0 Å². The standard InChI is InChI=1S/C21H33NOS/c1-16-6-9-19(10-7-16)24-15-17(2)14-22-13-12-18(21(3,4)5)8-11-20(22)23/h6-7,9-10,17-18H,8,11-15H2,1-5H3/t17-,18-/m1/s1. The lowest BCUT2D eigenvalue weighted by molar-refractivity contribution is -0.131. The highest BCUT2D eigenvalue weighted by atomic mass is 32.2. The van der Waals surface area contributed by atoms with Crippen molar-refractivity contribution < 1.29 is 4.79 Å². The number of rotatable bonds is 5. The van der Waals surface area contributed by atoms with Gasteiger partial charge in [-0.2, -0.15) is 0 Å². The van der Waals surface area contributed by atoms with Gasteiger partial charge in [-0.05, 0) is 49.1 Å². The third-order valence-corrected chi connectivity index (χ3v) is 6.46. The monoisotopic (exact) mass is 347 g/mol. The third kappa shape index (κ3) is 5.84. The number of nitrogens with zero attached hydrogens (tertiary/aromatic N) is 1. The highest BCUT2D eigenvalue weighted by molar-refractivity contribution is 7.99. The number of amides is 1. The Morgan fingerprint density at radius 3 is 2.50 bits per heavy atom. The van der Waals surface area contributed by atoms with Gasteiger partial charge in [0.1, 0.15) is 0 Å². The molecule has 0 spiro atoms. The van der Waals surface area contributed by atoms with Crippen LogP contribution in [0.15, 0.2) is 29.2 Å². The van der Waals surface area contributed by atoms with Crippen LogP contribution in [0.1, 0.15) is 52.5 Å². The van der Waals surface area contributed by atoms with E-state index < -0.39 is 0 Å². The van der Waals surface area contributed by atoms with Gasteiger partial charge in [0, 0.05) is 30.2 Å². The first-order chi connectivity index (χ1) is 11.3. The summed E-state index contributed by atoms with van der Waals surface area (Å²) < 4.78 is 0. The normalized spacial score (nSPS) is 20.8. The van der Waals surface area contributed by atoms with E-state index in [1.54, 1.807) is 0 Å². The van der Waals surface area contributed by atoms with Crippen molar-refractivity contribution in [1.29, 1.82) is 0 Å². The maximum atomic E-state index is 12.5. The van der Waals surface area contributed by atoms with Crippen LogP contribution in [0.4, 0.5) is 0 Å². The second-order valence-electron chi connectivity index (χ2n) is 8.46. The van der Waals surface area contributed by atoms with E-state index >= 15 is 0 Å². The quantitative estimate of drug-likeness (QED) is 0.665. The van der Waals surface area contributed by atoms with Crippen LogP contribution >= 0.6 is 11.8 Å². The number of carbonyl (C=O) groups is 1. The highest BCUT2D eigenvalue weighted by Gasteiger charge is 2.30. The molecule has 1 aromatic rings. The molecule has 2 atom stereocenters. The Balaban J connectivity index is 1.83. The number of hydrogen-bond acceptors (Lipinski definition) is 2. The van der Waals surface area contributed by atoms with Crippen LogP contribution in [0.25, 0.3) is 0 Å². The summed E-state index contributed by atoms with van der Waals surface area (Å²) >= 11 is 1.90. The van der Waals surface area contributed by atoms with Gasteiger partial charge in [0.15, 0.2) is 0 Å². The van der Waals surface area contributed by atoms with E-state index in [1.165, 1.54) is 10.5 Å². The molecule has 3 heteroatoms. The molecule has 1 aromatic carbocycles. The molecule has 0 saturated carbocycles. The van der Waals surface area contributed by atoms with Crippen molar-refractivity contribution in [3.05, 3.63) is 29.8 Å². The van der Waals surface area contributed by atoms with E-state index in [0.29, 0.717) is 23.2 Å². The van der Waals surface area contributed by atoms with Crippen LogP contribution in [0.2, 0.25) is 0 Å². The molecule has 0 bridgehead atoms. The second kappa shape index (κ2) is 8.42. The topological polar surface area (TPSA) is 20.3 Å². The predicted octanol–water partition coefficient (Wildman–Crippen LogP) is 5.40. The lowest BCUT2D eigenvalue weighted by Gasteiger charge is -2.30. The molecule has 1 amide bonds. The Hall–Kier alpha value is -0.960. The van der Waals surface area contributed by atoms with Gasteiger partial charge in [0.2, 0.25) is 5.91 Å². The Morgan fingerprint density at radius 2 is 1.88 bits per heavy atom. The molecule has 0 N–H and O–H groups in total. The molecule has 0 aliphatic carbocycles. The zero-order valence-electron chi connectivity index (χ0n) is 16.0. The van der Waals surface area contributed by atoms with Crippen LogP contribution in [-0.2, 0) is 4.79 Å². The highest BCUT2D eigenvalue weighted by Crippen LogP contribution is 2.34. The van der Waals surface area contributed by atoms with Gasteiger partial charge in [-0.3, -0.25) is 4.79 Å². The minimum atomic E-state index is 0.309. The molecule has 1 aliphatic heterocycles. The van der Waals surface area contributed by atoms with E-state index in [-0.39, 0.29) is 0 Å². The van der Waals surface area contributed by atoms with Crippen LogP contribution in [-0.4, -0.2) is 29.6 Å². The Bertz CT molecular complexity index is 532. The zero-order chi connectivity index (χ0) is 17.7. The number of thioether (sulfide) groups is 1. The summed E-state index contributed by atoms with van der Waals surface area (Å²) in [6.07, 6.45) is 2.91. The molecule has 0 aromatic heterocycles. The summed E-state index contributed by atoms with van der Waals surface area (Å²) in [5.41, 5.74) is 1.61. The lowest BCUT2D eigenvalue weighted by atomic mass is 9.77. The summed E-state index contributed by atoms with van der Waals surface area (Å²) in [5, 5.41) is 0. The number of hydrogen-bond donors (Lipinski definition) is 0. The number of benzene rings is 1. The maximum absolute atomic E-state index is 12.5. The summed E-state index contributed by atoms with van der Waals surface area (Å²) in [5.74, 6) is 2.60. The summed E-state index contributed by atoms with van der Waals surface area (Å²) in [6.45, 7) is 13.1. The van der Waals surface area contributed by atoms with E-state index in [9.17, 15) is 4.79 Å². The maximum Gasteiger partial charge on any atom is 0.222 e. The Kier molecular flexibility index (Phi) is 6.79. The molecule has 1 fully saturated rings. The van der Waals surface area contributed by atoms with Crippen molar-refractivity contribution in [2.45, 2.75) is 58.8 Å². The molecule has 0 unspecified atom stereocenters. The molecule has 2 rings (SSSR count). The van der Waals surface area contributed by atoms with Gasteiger partial charge >= 0.3 is 0 Å². The van der Waals surface area contributed by atoms with Crippen LogP contribution < -0.4 is 0 Å². The SMILES string of the molecule is Cc1ccc(SC[C@H](C)CN2CC[C@H](C(C)(C)C)CCC2=O)cc1. The van der Waals surface area contributed by atoms with Gasteiger partial charge in [0.05, 0.1) is 0 Å². The van der Waals surface area contributed by atoms with Crippen molar-refractivity contribution in [2.24, 2.45) is 17.3 Å². The zero-order valence-corrected chi connectivity index (χ0v) is 16.8. The minimum Gasteiger partial charge on any atom is -0.342 e. The molecule has 2 nitrogen and oxygen atoms in total. The molecular weight excluding hydrogens is 314 g/mol. The molecule has 1 heterocycles. The Labute approximate surface area is 152 Å². The summed E-state index contributed by atoms with van der Waals surface area (Å²) in [4.78, 5) is 15.9. The van der Waals surface area contributed by atoms with Crippen LogP contribution in [0, 0.1) is 24.2 Å². The smallest absolute Gasteiger partial charge is 0.222 e. The first-order valence-electron chi connectivity index (χ1n) is 9.23. The molecule has 1 saturated heterocycles. The van der Waals surface area contributed by atoms with Crippen molar-refractivity contribution >= 4 is 17.7 Å². The lowest BCUT2D eigenvalue weighted by Crippen LogP contribution is -2.35. The van der Waals surface area contributed by atoms with Crippen molar-refractivity contribution in [2.75, 3.05) is 18.8 Å². The predicted molar refractivity (Wildman–Crippen MR) is 104 cm³/mol. The largest absolute Gasteiger partial charge is 0.342 e. The number of likely N-dealkylation sites (tertiary alicyclic amines) is 1. The molecule has 24 heavy (non-hydrogen) atoms. The Morgan fingerprint density at radius 1 is 1.21 bits per heavy atom. The summed E-state index contributed by atoms with van der Waals surface area (Å²) in [6, 6.07) is 8.71. The molecule has 0 radical (unpaired) electrons. The fourth-order valence-corrected chi connectivity index (χ4v) is 4.31. The van der Waals surface area contributed by atoms with Crippen molar-refractivity contribution in [3.63, 3.8) is 0 Å². The molecular formula is C21H33NOS. The van der Waals surface area contributed by atoms with Gasteiger partial charge in [-0.1, -0.05) is 45.4 Å². The van der Waals surface area contributed by atoms with Gasteiger partial charge in [0.25, 0.3) is 0 Å². The second-order valence-corrected chi connectivity index (χ2v) is 9.55. The van der Waals surface area contributed by atoms with Gasteiger partial charge in [-0.15, -0.1) is 11.8 Å². The van der Waals surface area contributed by atoms with Crippen LogP contribution in [0.3, 0.4) is 0 Å². The van der Waals surface area contributed by atoms with E-state index in [1.807, 2.05) is 11.8 Å². The van der Waals surface area contributed by atoms with E-state index in [2.05, 4.69) is 63.8 Å².